The van der Waals surface area contributed by atoms with E-state index in [1.165, 1.54) is 21.4 Å². The molecule has 0 saturated heterocycles. The van der Waals surface area contributed by atoms with Crippen LogP contribution in [0.15, 0.2) is 47.4 Å². The van der Waals surface area contributed by atoms with Crippen molar-refractivity contribution in [1.82, 2.24) is 9.13 Å². The number of carboxylic acids is 1. The average molecular weight is 485 g/mol. The maximum absolute atomic E-state index is 13.4. The molecule has 3 aromatic rings. The van der Waals surface area contributed by atoms with Crippen LogP contribution in [0.25, 0.3) is 22.2 Å². The van der Waals surface area contributed by atoms with Crippen LogP contribution in [0.4, 0.5) is 4.79 Å². The van der Waals surface area contributed by atoms with Gasteiger partial charge in [-0.05, 0) is 45.0 Å². The van der Waals surface area contributed by atoms with Crippen molar-refractivity contribution in [2.24, 2.45) is 0 Å². The van der Waals surface area contributed by atoms with Gasteiger partial charge < -0.3 is 14.6 Å². The van der Waals surface area contributed by atoms with E-state index in [9.17, 15) is 19.5 Å². The molecule has 8 nitrogen and oxygen atoms in total. The minimum atomic E-state index is -1.32. The molecule has 0 amide bonds. The van der Waals surface area contributed by atoms with Crippen molar-refractivity contribution in [3.63, 3.8) is 0 Å². The lowest BCUT2D eigenvalue weighted by Crippen LogP contribution is -2.29. The van der Waals surface area contributed by atoms with Crippen LogP contribution in [0.2, 0.25) is 25.7 Å². The van der Waals surface area contributed by atoms with Gasteiger partial charge in [0.2, 0.25) is 0 Å². The van der Waals surface area contributed by atoms with Gasteiger partial charge in [0.1, 0.15) is 12.3 Å². The van der Waals surface area contributed by atoms with Gasteiger partial charge in [-0.1, -0.05) is 37.8 Å². The Labute approximate surface area is 199 Å². The SMILES string of the molecule is CC(C)(C)OC(=O)n1c(-c2cc(C(=O)O)cn(COCC[Si](C)(C)C)c2=O)cc2ccccc21. The molecule has 0 aliphatic rings. The van der Waals surface area contributed by atoms with Gasteiger partial charge in [0, 0.05) is 26.3 Å². The second-order valence-corrected chi connectivity index (χ2v) is 16.1. The highest BCUT2D eigenvalue weighted by molar-refractivity contribution is 6.76. The smallest absolute Gasteiger partial charge is 0.419 e. The fourth-order valence-corrected chi connectivity index (χ4v) is 4.19. The van der Waals surface area contributed by atoms with E-state index in [0.717, 1.165) is 11.4 Å². The predicted octanol–water partition coefficient (Wildman–Crippen LogP) is 5.26. The van der Waals surface area contributed by atoms with Crippen molar-refractivity contribution in [1.29, 1.82) is 0 Å². The molecule has 0 spiro atoms. The zero-order valence-electron chi connectivity index (χ0n) is 20.5. The zero-order valence-corrected chi connectivity index (χ0v) is 21.5. The largest absolute Gasteiger partial charge is 0.478 e. The van der Waals surface area contributed by atoms with Gasteiger partial charge in [0.15, 0.2) is 0 Å². The summed E-state index contributed by atoms with van der Waals surface area (Å²) in [6.45, 7) is 12.3. The first-order valence-electron chi connectivity index (χ1n) is 11.2. The summed E-state index contributed by atoms with van der Waals surface area (Å²) in [5.41, 5.74) is -0.387. The second-order valence-electron chi connectivity index (χ2n) is 10.5. The summed E-state index contributed by atoms with van der Waals surface area (Å²) in [7, 11) is -1.32. The van der Waals surface area contributed by atoms with E-state index in [-0.39, 0.29) is 23.6 Å². The molecule has 1 N–H and O–H groups in total. The molecule has 1 aromatic carbocycles. The fraction of sp³-hybridized carbons (Fsp3) is 0.400. The van der Waals surface area contributed by atoms with Gasteiger partial charge in [-0.25, -0.2) is 14.2 Å². The molecule has 0 saturated carbocycles. The van der Waals surface area contributed by atoms with E-state index in [1.54, 1.807) is 39.0 Å². The first-order valence-corrected chi connectivity index (χ1v) is 14.9. The molecule has 0 aliphatic carbocycles. The minimum absolute atomic E-state index is 0.0793. The number of carbonyl (C=O) groups excluding carboxylic acids is 1. The van der Waals surface area contributed by atoms with Crippen LogP contribution >= 0.6 is 0 Å². The van der Waals surface area contributed by atoms with E-state index in [4.69, 9.17) is 9.47 Å². The van der Waals surface area contributed by atoms with Gasteiger partial charge in [0.25, 0.3) is 5.56 Å². The Morgan fingerprint density at radius 2 is 1.76 bits per heavy atom. The van der Waals surface area contributed by atoms with Crippen LogP contribution < -0.4 is 5.56 Å². The quantitative estimate of drug-likeness (QED) is 0.363. The third-order valence-corrected chi connectivity index (χ3v) is 6.83. The number of hydrogen-bond acceptors (Lipinski definition) is 5. The molecule has 182 valence electrons. The molecule has 0 fully saturated rings. The first-order chi connectivity index (χ1) is 15.8. The van der Waals surface area contributed by atoms with Crippen molar-refractivity contribution in [2.45, 2.75) is 58.8 Å². The molecule has 2 heterocycles. The lowest BCUT2D eigenvalue weighted by Gasteiger charge is -2.21. The van der Waals surface area contributed by atoms with Crippen molar-refractivity contribution in [2.75, 3.05) is 6.61 Å². The summed E-state index contributed by atoms with van der Waals surface area (Å²) in [5.74, 6) is -1.18. The van der Waals surface area contributed by atoms with Crippen LogP contribution in [0.3, 0.4) is 0 Å². The highest BCUT2D eigenvalue weighted by Gasteiger charge is 2.25. The number of nitrogens with zero attached hydrogens (tertiary/aromatic N) is 2. The maximum atomic E-state index is 13.4. The Bertz CT molecular complexity index is 1280. The van der Waals surface area contributed by atoms with E-state index < -0.39 is 31.3 Å². The number of aromatic nitrogens is 2. The molecule has 0 unspecified atom stereocenters. The normalized spacial score (nSPS) is 12.2. The molecule has 0 aliphatic heterocycles. The number of aromatic carboxylic acids is 1. The topological polar surface area (TPSA) is 99.8 Å². The Balaban J connectivity index is 2.13. The summed E-state index contributed by atoms with van der Waals surface area (Å²) in [5, 5.41) is 10.4. The minimum Gasteiger partial charge on any atom is -0.478 e. The van der Waals surface area contributed by atoms with E-state index >= 15 is 0 Å². The maximum Gasteiger partial charge on any atom is 0.419 e. The van der Waals surface area contributed by atoms with Gasteiger partial charge in [-0.15, -0.1) is 0 Å². The number of carboxylic acid groups (broad SMARTS) is 1. The number of para-hydroxylation sites is 1. The highest BCUT2D eigenvalue weighted by atomic mass is 28.3. The van der Waals surface area contributed by atoms with Crippen molar-refractivity contribution < 1.29 is 24.2 Å². The Morgan fingerprint density at radius 3 is 2.38 bits per heavy atom. The van der Waals surface area contributed by atoms with Gasteiger partial charge in [-0.3, -0.25) is 9.36 Å². The lowest BCUT2D eigenvalue weighted by molar-refractivity contribution is 0.0546. The van der Waals surface area contributed by atoms with Crippen LogP contribution in [-0.2, 0) is 16.2 Å². The molecule has 34 heavy (non-hydrogen) atoms. The number of ether oxygens (including phenoxy) is 2. The summed E-state index contributed by atoms with van der Waals surface area (Å²) in [6, 6.07) is 11.1. The zero-order chi connectivity index (χ0) is 25.3. The summed E-state index contributed by atoms with van der Waals surface area (Å²) < 4.78 is 13.9. The molecule has 3 rings (SSSR count). The standard InChI is InChI=1S/C25H32N2O6Si/c1-25(2,3)33-24(31)27-20-10-8-7-9-17(20)14-21(27)19-13-18(23(29)30)15-26(22(19)28)16-32-11-12-34(4,5)6/h7-10,13-15H,11-12,16H2,1-6H3,(H,29,30). The number of pyridine rings is 1. The third kappa shape index (κ3) is 6.03. The van der Waals surface area contributed by atoms with Gasteiger partial charge in [-0.2, -0.15) is 0 Å². The van der Waals surface area contributed by atoms with Crippen LogP contribution in [0, 0.1) is 0 Å². The second kappa shape index (κ2) is 9.59. The molecule has 0 atom stereocenters. The lowest BCUT2D eigenvalue weighted by atomic mass is 10.1. The van der Waals surface area contributed by atoms with Crippen LogP contribution in [0.1, 0.15) is 31.1 Å². The highest BCUT2D eigenvalue weighted by Crippen LogP contribution is 2.28. The Morgan fingerprint density at radius 1 is 1.09 bits per heavy atom. The molecule has 9 heteroatoms. The monoisotopic (exact) mass is 484 g/mol. The molecular formula is C25H32N2O6Si. The number of rotatable bonds is 7. The van der Waals surface area contributed by atoms with Crippen molar-refractivity contribution >= 4 is 31.0 Å². The number of carbonyl (C=O) groups is 2. The Hall–Kier alpha value is -3.17. The first kappa shape index (κ1) is 25.4. The van der Waals surface area contributed by atoms with Crippen molar-refractivity contribution in [3.8, 4) is 11.3 Å². The summed E-state index contributed by atoms with van der Waals surface area (Å²) in [4.78, 5) is 38.4. The van der Waals surface area contributed by atoms with E-state index in [2.05, 4.69) is 19.6 Å². The molecule has 0 radical (unpaired) electrons. The summed E-state index contributed by atoms with van der Waals surface area (Å²) >= 11 is 0. The predicted molar refractivity (Wildman–Crippen MR) is 134 cm³/mol. The van der Waals surface area contributed by atoms with Crippen molar-refractivity contribution in [3.05, 3.63) is 58.5 Å². The summed E-state index contributed by atoms with van der Waals surface area (Å²) in [6.07, 6.45) is 0.616. The fourth-order valence-electron chi connectivity index (χ4n) is 3.43. The molecule has 0 bridgehead atoms. The van der Waals surface area contributed by atoms with Gasteiger partial charge in [0.05, 0.1) is 22.3 Å². The Kier molecular flexibility index (Phi) is 7.18. The number of benzene rings is 1. The third-order valence-electron chi connectivity index (χ3n) is 5.12. The van der Waals surface area contributed by atoms with E-state index in [0.29, 0.717) is 12.1 Å². The molecular weight excluding hydrogens is 452 g/mol. The van der Waals surface area contributed by atoms with Crippen LogP contribution in [-0.4, -0.2) is 46.6 Å². The number of fused-ring (bicyclic) bond motifs is 1. The van der Waals surface area contributed by atoms with Gasteiger partial charge >= 0.3 is 12.1 Å². The van der Waals surface area contributed by atoms with E-state index in [1.807, 2.05) is 12.1 Å². The van der Waals surface area contributed by atoms with Crippen LogP contribution in [0.5, 0.6) is 0 Å². The molecule has 2 aromatic heterocycles. The number of hydrogen-bond donors (Lipinski definition) is 1. The average Bonchev–Trinajstić information content (AvgIpc) is 3.09.